The van der Waals surface area contributed by atoms with Gasteiger partial charge in [0.25, 0.3) is 0 Å². The number of imidazole rings is 1. The number of H-pyrrole nitrogens is 1. The van der Waals surface area contributed by atoms with E-state index in [1.54, 1.807) is 19.1 Å². The molecule has 0 saturated heterocycles. The molecule has 0 unspecified atom stereocenters. The third-order valence-corrected chi connectivity index (χ3v) is 3.77. The van der Waals surface area contributed by atoms with Crippen LogP contribution < -0.4 is 0 Å². The molecule has 0 amide bonds. The number of halogens is 1. The van der Waals surface area contributed by atoms with E-state index in [2.05, 4.69) is 11.1 Å². The van der Waals surface area contributed by atoms with Crippen LogP contribution in [0.5, 0.6) is 0 Å². The van der Waals surface area contributed by atoms with Crippen molar-refractivity contribution in [3.05, 3.63) is 63.7 Å². The molecule has 1 aromatic heterocycles. The summed E-state index contributed by atoms with van der Waals surface area (Å²) in [4.78, 5) is 3.02. The predicted molar refractivity (Wildman–Crippen MR) is 82.1 cm³/mol. The lowest BCUT2D eigenvalue weighted by Crippen LogP contribution is -2.00. The van der Waals surface area contributed by atoms with Gasteiger partial charge >= 0.3 is 0 Å². The van der Waals surface area contributed by atoms with Crippen LogP contribution in [0.15, 0.2) is 36.4 Å². The Balaban J connectivity index is 2.12. The molecule has 0 aliphatic rings. The van der Waals surface area contributed by atoms with E-state index in [9.17, 15) is 4.39 Å². The number of aromatic nitrogens is 2. The summed E-state index contributed by atoms with van der Waals surface area (Å²) in [5, 5.41) is 8.96. The molecule has 2 aromatic carbocycles. The Morgan fingerprint density at radius 2 is 2.14 bits per heavy atom. The monoisotopic (exact) mass is 297 g/mol. The smallest absolute Gasteiger partial charge is 0.178 e. The highest BCUT2D eigenvalue weighted by Gasteiger charge is 2.08. The molecule has 0 spiro atoms. The van der Waals surface area contributed by atoms with Crippen LogP contribution in [0.25, 0.3) is 11.0 Å². The second kappa shape index (κ2) is 5.15. The third kappa shape index (κ3) is 2.46. The maximum atomic E-state index is 13.6. The largest absolute Gasteiger partial charge is 0.330 e. The van der Waals surface area contributed by atoms with Crippen LogP contribution in [0.3, 0.4) is 0 Å². The van der Waals surface area contributed by atoms with Crippen molar-refractivity contribution in [3.63, 3.8) is 0 Å². The normalized spacial score (nSPS) is 10.7. The first-order valence-electron chi connectivity index (χ1n) is 6.46. The minimum Gasteiger partial charge on any atom is -0.330 e. The van der Waals surface area contributed by atoms with Crippen molar-refractivity contribution in [2.24, 2.45) is 0 Å². The topological polar surface area (TPSA) is 44.5 Å². The molecule has 3 nitrogen and oxygen atoms in total. The first kappa shape index (κ1) is 13.5. The first-order chi connectivity index (χ1) is 10.1. The van der Waals surface area contributed by atoms with Gasteiger partial charge in [0, 0.05) is 0 Å². The number of nitrogens with zero attached hydrogens (tertiary/aromatic N) is 2. The lowest BCUT2D eigenvalue weighted by Gasteiger charge is -2.06. The molecule has 5 heteroatoms. The lowest BCUT2D eigenvalue weighted by molar-refractivity contribution is 0.620. The summed E-state index contributed by atoms with van der Waals surface area (Å²) in [6.07, 6.45) is 0. The van der Waals surface area contributed by atoms with E-state index in [1.165, 1.54) is 6.07 Å². The molecule has 3 aromatic rings. The fraction of sp³-hybridized carbons (Fsp3) is 0.125. The highest BCUT2D eigenvalue weighted by atomic mass is 32.1. The quantitative estimate of drug-likeness (QED) is 0.725. The summed E-state index contributed by atoms with van der Waals surface area (Å²) >= 11 is 5.32. The number of fused-ring (bicyclic) bond motifs is 1. The molecule has 21 heavy (non-hydrogen) atoms. The predicted octanol–water partition coefficient (Wildman–Crippen LogP) is 4.07. The summed E-state index contributed by atoms with van der Waals surface area (Å²) in [6.45, 7) is 2.27. The van der Waals surface area contributed by atoms with E-state index in [1.807, 2.05) is 22.8 Å². The maximum absolute atomic E-state index is 13.6. The van der Waals surface area contributed by atoms with E-state index in [0.717, 1.165) is 11.1 Å². The van der Waals surface area contributed by atoms with Gasteiger partial charge in [-0.1, -0.05) is 12.1 Å². The highest BCUT2D eigenvalue weighted by Crippen LogP contribution is 2.20. The van der Waals surface area contributed by atoms with Crippen LogP contribution in [0.1, 0.15) is 16.7 Å². The van der Waals surface area contributed by atoms with Gasteiger partial charge in [-0.15, -0.1) is 0 Å². The summed E-state index contributed by atoms with van der Waals surface area (Å²) < 4.78 is 16.1. The lowest BCUT2D eigenvalue weighted by atomic mass is 10.1. The summed E-state index contributed by atoms with van der Waals surface area (Å²) in [5.41, 5.74) is 3.71. The Bertz CT molecular complexity index is 931. The summed E-state index contributed by atoms with van der Waals surface area (Å²) in [6, 6.07) is 12.7. The second-order valence-electron chi connectivity index (χ2n) is 4.95. The fourth-order valence-electron chi connectivity index (χ4n) is 2.36. The van der Waals surface area contributed by atoms with Crippen molar-refractivity contribution >= 4 is 23.3 Å². The molecule has 0 aliphatic carbocycles. The zero-order valence-electron chi connectivity index (χ0n) is 11.4. The molecule has 1 heterocycles. The van der Waals surface area contributed by atoms with Crippen LogP contribution in [0.4, 0.5) is 4.39 Å². The zero-order chi connectivity index (χ0) is 15.0. The molecule has 0 fully saturated rings. The van der Waals surface area contributed by atoms with Gasteiger partial charge in [-0.2, -0.15) is 5.26 Å². The third-order valence-electron chi connectivity index (χ3n) is 3.45. The molecular formula is C16H12FN3S. The first-order valence-corrected chi connectivity index (χ1v) is 6.87. The van der Waals surface area contributed by atoms with E-state index >= 15 is 0 Å². The van der Waals surface area contributed by atoms with Crippen molar-refractivity contribution in [1.29, 1.82) is 5.26 Å². The SMILES string of the molecule is Cc1cc2c(cc1F)[nH]c(=S)n2Cc1cccc(C#N)c1. The highest BCUT2D eigenvalue weighted by molar-refractivity contribution is 7.71. The van der Waals surface area contributed by atoms with Gasteiger partial charge in [0.2, 0.25) is 0 Å². The summed E-state index contributed by atoms with van der Waals surface area (Å²) in [5.74, 6) is -0.252. The van der Waals surface area contributed by atoms with Gasteiger partial charge in [-0.05, 0) is 54.5 Å². The number of benzene rings is 2. The minimum absolute atomic E-state index is 0.252. The van der Waals surface area contributed by atoms with Crippen LogP contribution in [-0.2, 0) is 6.54 Å². The van der Waals surface area contributed by atoms with Gasteiger partial charge in [0.15, 0.2) is 4.77 Å². The molecule has 104 valence electrons. The molecule has 0 radical (unpaired) electrons. The Hall–Kier alpha value is -2.45. The van der Waals surface area contributed by atoms with Crippen molar-refractivity contribution in [2.45, 2.75) is 13.5 Å². The number of nitriles is 1. The van der Waals surface area contributed by atoms with Gasteiger partial charge < -0.3 is 9.55 Å². The number of hydrogen-bond acceptors (Lipinski definition) is 2. The Morgan fingerprint density at radius 3 is 2.90 bits per heavy atom. The van der Waals surface area contributed by atoms with Gasteiger partial charge in [0.05, 0.1) is 29.2 Å². The molecule has 0 bridgehead atoms. The Kier molecular flexibility index (Phi) is 3.32. The van der Waals surface area contributed by atoms with E-state index in [4.69, 9.17) is 17.5 Å². The molecule has 1 N–H and O–H groups in total. The second-order valence-corrected chi connectivity index (χ2v) is 5.33. The van der Waals surface area contributed by atoms with Crippen LogP contribution in [0, 0.1) is 28.8 Å². The Morgan fingerprint density at radius 1 is 1.33 bits per heavy atom. The summed E-state index contributed by atoms with van der Waals surface area (Å²) in [7, 11) is 0. The zero-order valence-corrected chi connectivity index (χ0v) is 12.2. The number of hydrogen-bond donors (Lipinski definition) is 1. The molecule has 3 rings (SSSR count). The number of nitrogens with one attached hydrogen (secondary N) is 1. The number of aryl methyl sites for hydroxylation is 1. The van der Waals surface area contributed by atoms with Crippen LogP contribution in [0.2, 0.25) is 0 Å². The van der Waals surface area contributed by atoms with Gasteiger partial charge in [0.1, 0.15) is 5.82 Å². The standard InChI is InChI=1S/C16H12FN3S/c1-10-5-15-14(7-13(10)17)19-16(21)20(15)9-12-4-2-3-11(6-12)8-18/h2-7H,9H2,1H3,(H,19,21). The molecule has 0 saturated carbocycles. The van der Waals surface area contributed by atoms with Crippen molar-refractivity contribution in [1.82, 2.24) is 9.55 Å². The van der Waals surface area contributed by atoms with Gasteiger partial charge in [-0.25, -0.2) is 4.39 Å². The van der Waals surface area contributed by atoms with Crippen molar-refractivity contribution in [2.75, 3.05) is 0 Å². The van der Waals surface area contributed by atoms with Crippen LogP contribution in [-0.4, -0.2) is 9.55 Å². The Labute approximate surface area is 126 Å². The maximum Gasteiger partial charge on any atom is 0.178 e. The van der Waals surface area contributed by atoms with Crippen molar-refractivity contribution < 1.29 is 4.39 Å². The van der Waals surface area contributed by atoms with Gasteiger partial charge in [-0.3, -0.25) is 0 Å². The molecular weight excluding hydrogens is 285 g/mol. The minimum atomic E-state index is -0.252. The average Bonchev–Trinajstić information content (AvgIpc) is 2.76. The van der Waals surface area contributed by atoms with E-state index in [-0.39, 0.29) is 5.82 Å². The fourth-order valence-corrected chi connectivity index (χ4v) is 2.63. The average molecular weight is 297 g/mol. The number of aromatic amines is 1. The van der Waals surface area contributed by atoms with Crippen LogP contribution >= 0.6 is 12.2 Å². The number of rotatable bonds is 2. The van der Waals surface area contributed by atoms with Crippen molar-refractivity contribution in [3.8, 4) is 6.07 Å². The molecule has 0 atom stereocenters. The van der Waals surface area contributed by atoms with E-state index in [0.29, 0.717) is 28.0 Å². The van der Waals surface area contributed by atoms with E-state index < -0.39 is 0 Å². The molecule has 0 aliphatic heterocycles.